The van der Waals surface area contributed by atoms with Gasteiger partial charge < -0.3 is 0 Å². The van der Waals surface area contributed by atoms with Crippen LogP contribution < -0.4 is 0 Å². The second kappa shape index (κ2) is 5.85. The Morgan fingerprint density at radius 3 is 2.14 bits per heavy atom. The predicted molar refractivity (Wildman–Crippen MR) is 90.2 cm³/mol. The first-order chi connectivity index (χ1) is 10.1. The number of hydrogen-bond acceptors (Lipinski definition) is 4. The Kier molecular flexibility index (Phi) is 4.09. The summed E-state index contributed by atoms with van der Waals surface area (Å²) in [5, 5.41) is 0.618. The molecule has 0 fully saturated rings. The summed E-state index contributed by atoms with van der Waals surface area (Å²) in [4.78, 5) is 23.6. The second-order valence-corrected chi connectivity index (χ2v) is 8.09. The molecule has 21 heavy (non-hydrogen) atoms. The van der Waals surface area contributed by atoms with Crippen molar-refractivity contribution in [2.24, 2.45) is 0 Å². The molecule has 0 aromatic heterocycles. The van der Waals surface area contributed by atoms with E-state index in [4.69, 9.17) is 0 Å². The summed E-state index contributed by atoms with van der Waals surface area (Å²) in [5.41, 5.74) is 5.01. The van der Waals surface area contributed by atoms with Crippen LogP contribution >= 0.6 is 23.5 Å². The normalized spacial score (nSPS) is 35.1. The minimum Gasteiger partial charge on any atom is -0.297 e. The highest BCUT2D eigenvalue weighted by Gasteiger charge is 2.28. The van der Waals surface area contributed by atoms with E-state index in [1.54, 1.807) is 23.5 Å². The fourth-order valence-corrected chi connectivity index (χ4v) is 4.92. The molecule has 0 saturated heterocycles. The molecule has 0 spiro atoms. The fraction of sp³-hybridized carbons (Fsp3) is 0.294. The molecular formula is C17H16O2S2. The van der Waals surface area contributed by atoms with Crippen molar-refractivity contribution in [1.82, 2.24) is 0 Å². The zero-order valence-electron chi connectivity index (χ0n) is 12.0. The maximum Gasteiger partial charge on any atom is 0.156 e. The minimum absolute atomic E-state index is 0.303. The van der Waals surface area contributed by atoms with Gasteiger partial charge in [-0.3, -0.25) is 9.59 Å². The first-order valence-electron chi connectivity index (χ1n) is 6.95. The van der Waals surface area contributed by atoms with Crippen molar-refractivity contribution >= 4 is 36.1 Å². The summed E-state index contributed by atoms with van der Waals surface area (Å²) in [6.45, 7) is 4.27. The van der Waals surface area contributed by atoms with E-state index in [1.807, 2.05) is 12.2 Å². The molecule has 2 aliphatic heterocycles. The molecule has 0 bridgehead atoms. The van der Waals surface area contributed by atoms with Gasteiger partial charge in [0.1, 0.15) is 0 Å². The van der Waals surface area contributed by atoms with E-state index in [0.29, 0.717) is 10.5 Å². The van der Waals surface area contributed by atoms with E-state index in [-0.39, 0.29) is 0 Å². The van der Waals surface area contributed by atoms with Gasteiger partial charge in [0.25, 0.3) is 0 Å². The van der Waals surface area contributed by atoms with Crippen LogP contribution in [-0.4, -0.2) is 23.1 Å². The summed E-state index contributed by atoms with van der Waals surface area (Å²) in [6, 6.07) is 0. The van der Waals surface area contributed by atoms with Crippen molar-refractivity contribution in [2.75, 3.05) is 0 Å². The maximum absolute atomic E-state index is 11.0. The van der Waals surface area contributed by atoms with Crippen LogP contribution in [0.1, 0.15) is 20.3 Å². The number of hydrogen-bond donors (Lipinski definition) is 0. The molecule has 0 saturated carbocycles. The highest BCUT2D eigenvalue weighted by atomic mass is 32.2. The summed E-state index contributed by atoms with van der Waals surface area (Å²) >= 11 is 3.23. The largest absolute Gasteiger partial charge is 0.297 e. The van der Waals surface area contributed by atoms with Gasteiger partial charge in [-0.1, -0.05) is 12.2 Å². The van der Waals surface area contributed by atoms with E-state index < -0.39 is 0 Å². The fourth-order valence-electron chi connectivity index (χ4n) is 2.95. The molecule has 2 nitrogen and oxygen atoms in total. The molecule has 0 amide bonds. The van der Waals surface area contributed by atoms with Crippen LogP contribution in [0.25, 0.3) is 0 Å². The number of carbonyl (C=O) groups is 2. The summed E-state index contributed by atoms with van der Waals surface area (Å²) in [6.07, 6.45) is 11.1. The molecule has 2 atom stereocenters. The molecular weight excluding hydrogens is 300 g/mol. The Labute approximate surface area is 133 Å². The molecule has 0 N–H and O–H groups in total. The molecule has 1 aliphatic carbocycles. The Morgan fingerprint density at radius 2 is 1.57 bits per heavy atom. The summed E-state index contributed by atoms with van der Waals surface area (Å²) in [5.74, 6) is 0. The summed E-state index contributed by atoms with van der Waals surface area (Å²) in [7, 11) is 0. The molecule has 3 rings (SSSR count). The van der Waals surface area contributed by atoms with Gasteiger partial charge in [0, 0.05) is 20.3 Å². The van der Waals surface area contributed by atoms with Crippen LogP contribution in [0.15, 0.2) is 56.4 Å². The van der Waals surface area contributed by atoms with Crippen molar-refractivity contribution in [3.8, 4) is 0 Å². The third-order valence-electron chi connectivity index (χ3n) is 3.92. The van der Waals surface area contributed by atoms with Crippen LogP contribution in [0, 0.1) is 0 Å². The Hall–Kier alpha value is -1.26. The smallest absolute Gasteiger partial charge is 0.156 e. The molecule has 2 unspecified atom stereocenters. The Morgan fingerprint density at radius 1 is 1.00 bits per heavy atom. The van der Waals surface area contributed by atoms with Crippen molar-refractivity contribution in [3.63, 3.8) is 0 Å². The highest BCUT2D eigenvalue weighted by Crippen LogP contribution is 2.44. The zero-order chi connectivity index (χ0) is 15.0. The molecule has 3 aliphatic rings. The van der Waals surface area contributed by atoms with Crippen molar-refractivity contribution < 1.29 is 9.59 Å². The quantitative estimate of drug-likeness (QED) is 0.722. The Balaban J connectivity index is 2.10. The summed E-state index contributed by atoms with van der Waals surface area (Å²) < 4.78 is 0. The lowest BCUT2D eigenvalue weighted by molar-refractivity contribution is -0.105. The zero-order valence-corrected chi connectivity index (χ0v) is 13.6. The van der Waals surface area contributed by atoms with Gasteiger partial charge in [0.15, 0.2) is 12.6 Å². The number of allylic oxidation sites excluding steroid dienone is 8. The van der Waals surface area contributed by atoms with Gasteiger partial charge in [0.2, 0.25) is 0 Å². The van der Waals surface area contributed by atoms with Gasteiger partial charge in [0.05, 0.1) is 0 Å². The number of carbonyl (C=O) groups excluding carboxylic acids is 2. The first-order valence-corrected chi connectivity index (χ1v) is 8.71. The van der Waals surface area contributed by atoms with Crippen LogP contribution in [0.4, 0.5) is 0 Å². The average Bonchev–Trinajstić information content (AvgIpc) is 3.16. The van der Waals surface area contributed by atoms with Crippen molar-refractivity contribution in [2.45, 2.75) is 30.8 Å². The van der Waals surface area contributed by atoms with Gasteiger partial charge in [-0.05, 0) is 54.7 Å². The minimum atomic E-state index is 0.303. The maximum atomic E-state index is 11.0. The second-order valence-electron chi connectivity index (χ2n) is 5.26. The SMILES string of the molecule is CC1SC(C=O)=CC1=C1C=CCC1=C1C=C(C=O)SC1C. The molecule has 0 aromatic carbocycles. The van der Waals surface area contributed by atoms with E-state index in [0.717, 1.165) is 28.8 Å². The van der Waals surface area contributed by atoms with Gasteiger partial charge in [-0.2, -0.15) is 0 Å². The van der Waals surface area contributed by atoms with Gasteiger partial charge >= 0.3 is 0 Å². The molecule has 4 heteroatoms. The lowest BCUT2D eigenvalue weighted by Crippen LogP contribution is -2.02. The van der Waals surface area contributed by atoms with Crippen molar-refractivity contribution in [1.29, 1.82) is 0 Å². The van der Waals surface area contributed by atoms with Crippen LogP contribution in [0.3, 0.4) is 0 Å². The van der Waals surface area contributed by atoms with E-state index in [2.05, 4.69) is 26.0 Å². The van der Waals surface area contributed by atoms with E-state index >= 15 is 0 Å². The Bertz CT molecular complexity index is 662. The van der Waals surface area contributed by atoms with Crippen LogP contribution in [-0.2, 0) is 9.59 Å². The van der Waals surface area contributed by atoms with Gasteiger partial charge in [-0.15, -0.1) is 23.5 Å². The predicted octanol–water partition coefficient (Wildman–Crippen LogP) is 3.98. The van der Waals surface area contributed by atoms with Crippen LogP contribution in [0.5, 0.6) is 0 Å². The lowest BCUT2D eigenvalue weighted by Gasteiger charge is -2.14. The third kappa shape index (κ3) is 2.62. The third-order valence-corrected chi connectivity index (χ3v) is 6.11. The molecule has 0 radical (unpaired) electrons. The topological polar surface area (TPSA) is 34.1 Å². The highest BCUT2D eigenvalue weighted by molar-refractivity contribution is 8.05. The monoisotopic (exact) mass is 316 g/mol. The average molecular weight is 316 g/mol. The lowest BCUT2D eigenvalue weighted by atomic mass is 9.94. The number of thioether (sulfide) groups is 2. The first kappa shape index (κ1) is 14.7. The molecule has 2 heterocycles. The number of rotatable bonds is 2. The van der Waals surface area contributed by atoms with Crippen LogP contribution in [0.2, 0.25) is 0 Å². The van der Waals surface area contributed by atoms with E-state index in [9.17, 15) is 9.59 Å². The standard InChI is InChI=1S/C17H16O2S2/c1-10-16(6-12(8-18)20-10)14-4-3-5-15(14)17-7-13(9-19)21-11(17)2/h3-4,6-11H,5H2,1-2H3. The van der Waals surface area contributed by atoms with Gasteiger partial charge in [-0.25, -0.2) is 0 Å². The molecule has 0 aromatic rings. The van der Waals surface area contributed by atoms with Crippen molar-refractivity contribution in [3.05, 3.63) is 56.4 Å². The van der Waals surface area contributed by atoms with E-state index in [1.165, 1.54) is 22.3 Å². The number of aldehydes is 2. The molecule has 108 valence electrons.